The van der Waals surface area contributed by atoms with E-state index in [1.54, 1.807) is 7.11 Å². The highest BCUT2D eigenvalue weighted by molar-refractivity contribution is 5.84. The Hall–Kier alpha value is -3.62. The second-order valence-corrected chi connectivity index (χ2v) is 8.74. The van der Waals surface area contributed by atoms with Gasteiger partial charge in [0.05, 0.1) is 18.7 Å². The molecule has 5 heteroatoms. The summed E-state index contributed by atoms with van der Waals surface area (Å²) in [6.07, 6.45) is 10.7. The third kappa shape index (κ3) is 4.48. The zero-order valence-corrected chi connectivity index (χ0v) is 18.9. The SMILES string of the molecule is COc1cccc(-c2cncc(C(Cc3c[nH]c4ccc(C#N)cc34)N3CCCCC3)c2)c1. The zero-order valence-electron chi connectivity index (χ0n) is 18.9. The molecule has 0 spiro atoms. The lowest BCUT2D eigenvalue weighted by molar-refractivity contribution is 0.162. The maximum Gasteiger partial charge on any atom is 0.119 e. The summed E-state index contributed by atoms with van der Waals surface area (Å²) < 4.78 is 5.42. The number of hydrogen-bond acceptors (Lipinski definition) is 4. The van der Waals surface area contributed by atoms with E-state index in [1.165, 1.54) is 30.4 Å². The molecule has 1 saturated heterocycles. The fourth-order valence-electron chi connectivity index (χ4n) is 4.91. The highest BCUT2D eigenvalue weighted by Gasteiger charge is 2.24. The lowest BCUT2D eigenvalue weighted by Crippen LogP contribution is -2.35. The van der Waals surface area contributed by atoms with Crippen LogP contribution in [0, 0.1) is 11.3 Å². The topological polar surface area (TPSA) is 64.9 Å². The van der Waals surface area contributed by atoms with E-state index in [2.05, 4.69) is 45.3 Å². The van der Waals surface area contributed by atoms with Crippen LogP contribution < -0.4 is 4.74 Å². The Balaban J connectivity index is 1.53. The summed E-state index contributed by atoms with van der Waals surface area (Å²) in [5.74, 6) is 0.845. The van der Waals surface area contributed by atoms with Gasteiger partial charge in [-0.2, -0.15) is 5.26 Å². The van der Waals surface area contributed by atoms with Crippen molar-refractivity contribution in [3.05, 3.63) is 83.8 Å². The molecular formula is C28H28N4O. The van der Waals surface area contributed by atoms with Gasteiger partial charge in [0, 0.05) is 41.1 Å². The fraction of sp³-hybridized carbons (Fsp3) is 0.286. The van der Waals surface area contributed by atoms with Crippen LogP contribution in [0.5, 0.6) is 5.75 Å². The summed E-state index contributed by atoms with van der Waals surface area (Å²) in [6.45, 7) is 2.19. The summed E-state index contributed by atoms with van der Waals surface area (Å²) in [5, 5.41) is 10.5. The number of ether oxygens (including phenoxy) is 1. The number of methoxy groups -OCH3 is 1. The van der Waals surface area contributed by atoms with Gasteiger partial charge >= 0.3 is 0 Å². The number of H-pyrrole nitrogens is 1. The molecule has 3 heterocycles. The minimum atomic E-state index is 0.230. The lowest BCUT2D eigenvalue weighted by atomic mass is 9.94. The highest BCUT2D eigenvalue weighted by Crippen LogP contribution is 2.33. The smallest absolute Gasteiger partial charge is 0.119 e. The van der Waals surface area contributed by atoms with Crippen molar-refractivity contribution in [1.29, 1.82) is 5.26 Å². The highest BCUT2D eigenvalue weighted by atomic mass is 16.5. The first-order chi connectivity index (χ1) is 16.2. The van der Waals surface area contributed by atoms with Crippen LogP contribution in [0.1, 0.15) is 42.0 Å². The summed E-state index contributed by atoms with van der Waals surface area (Å²) in [6, 6.07) is 18.8. The van der Waals surface area contributed by atoms with Gasteiger partial charge in [-0.15, -0.1) is 0 Å². The van der Waals surface area contributed by atoms with E-state index in [4.69, 9.17) is 4.74 Å². The number of hydrogen-bond donors (Lipinski definition) is 1. The summed E-state index contributed by atoms with van der Waals surface area (Å²) in [7, 11) is 1.69. The Kier molecular flexibility index (Phi) is 6.10. The Bertz CT molecular complexity index is 1300. The number of piperidine rings is 1. The zero-order chi connectivity index (χ0) is 22.6. The first-order valence-electron chi connectivity index (χ1n) is 11.6. The number of likely N-dealkylation sites (tertiary alicyclic amines) is 1. The van der Waals surface area contributed by atoms with E-state index in [9.17, 15) is 5.26 Å². The Labute approximate surface area is 194 Å². The molecule has 0 bridgehead atoms. The molecule has 0 saturated carbocycles. The molecule has 2 aromatic carbocycles. The van der Waals surface area contributed by atoms with E-state index in [1.807, 2.05) is 42.7 Å². The molecule has 33 heavy (non-hydrogen) atoms. The standard InChI is InChI=1S/C28H28N4O/c1-33-25-7-5-6-21(14-25)22-13-24(18-30-17-22)28(32-10-3-2-4-11-32)15-23-19-31-27-9-8-20(16-29)12-26(23)27/h5-9,12-14,17-19,28,31H,2-4,10-11,15H2,1H3. The van der Waals surface area contributed by atoms with Gasteiger partial charge in [-0.05, 0) is 85.4 Å². The number of rotatable bonds is 6. The van der Waals surface area contributed by atoms with Crippen LogP contribution in [0.4, 0.5) is 0 Å². The predicted molar refractivity (Wildman–Crippen MR) is 131 cm³/mol. The van der Waals surface area contributed by atoms with E-state index >= 15 is 0 Å². The normalized spacial score (nSPS) is 15.3. The molecule has 0 aliphatic carbocycles. The van der Waals surface area contributed by atoms with Crippen LogP contribution in [0.2, 0.25) is 0 Å². The van der Waals surface area contributed by atoms with Crippen LogP contribution >= 0.6 is 0 Å². The van der Waals surface area contributed by atoms with Crippen LogP contribution in [0.25, 0.3) is 22.0 Å². The van der Waals surface area contributed by atoms with Gasteiger partial charge in [-0.25, -0.2) is 0 Å². The Morgan fingerprint density at radius 1 is 1.06 bits per heavy atom. The average Bonchev–Trinajstić information content (AvgIpc) is 3.29. The van der Waals surface area contributed by atoms with E-state index in [-0.39, 0.29) is 6.04 Å². The maximum absolute atomic E-state index is 9.38. The van der Waals surface area contributed by atoms with Crippen molar-refractivity contribution in [3.8, 4) is 22.9 Å². The molecule has 1 N–H and O–H groups in total. The molecule has 1 atom stereocenters. The number of nitriles is 1. The molecule has 5 rings (SSSR count). The number of fused-ring (bicyclic) bond motifs is 1. The molecule has 1 fully saturated rings. The van der Waals surface area contributed by atoms with Crippen molar-refractivity contribution in [2.24, 2.45) is 0 Å². The largest absolute Gasteiger partial charge is 0.497 e. The second-order valence-electron chi connectivity index (χ2n) is 8.74. The summed E-state index contributed by atoms with van der Waals surface area (Å²) in [4.78, 5) is 10.6. The van der Waals surface area contributed by atoms with Crippen LogP contribution in [0.3, 0.4) is 0 Å². The van der Waals surface area contributed by atoms with Crippen molar-refractivity contribution in [2.45, 2.75) is 31.7 Å². The summed E-state index contributed by atoms with van der Waals surface area (Å²) in [5.41, 5.74) is 6.43. The molecule has 166 valence electrons. The number of aromatic nitrogens is 2. The van der Waals surface area contributed by atoms with E-state index in [0.717, 1.165) is 47.3 Å². The quantitative estimate of drug-likeness (QED) is 0.410. The van der Waals surface area contributed by atoms with E-state index in [0.29, 0.717) is 5.56 Å². The number of nitrogens with one attached hydrogen (secondary N) is 1. The summed E-state index contributed by atoms with van der Waals surface area (Å²) >= 11 is 0. The molecule has 0 amide bonds. The monoisotopic (exact) mass is 436 g/mol. The molecule has 5 nitrogen and oxygen atoms in total. The van der Waals surface area contributed by atoms with Gasteiger partial charge in [0.2, 0.25) is 0 Å². The first kappa shape index (κ1) is 21.2. The minimum absolute atomic E-state index is 0.230. The molecule has 2 aromatic heterocycles. The first-order valence-corrected chi connectivity index (χ1v) is 11.6. The van der Waals surface area contributed by atoms with Gasteiger partial charge < -0.3 is 9.72 Å². The lowest BCUT2D eigenvalue weighted by Gasteiger charge is -2.35. The molecular weight excluding hydrogens is 408 g/mol. The van der Waals surface area contributed by atoms with Gasteiger partial charge in [0.25, 0.3) is 0 Å². The van der Waals surface area contributed by atoms with Gasteiger partial charge in [0.15, 0.2) is 0 Å². The number of pyridine rings is 1. The maximum atomic E-state index is 9.38. The van der Waals surface area contributed by atoms with Crippen LogP contribution in [0.15, 0.2) is 67.1 Å². The Morgan fingerprint density at radius 2 is 1.94 bits per heavy atom. The van der Waals surface area contributed by atoms with Crippen molar-refractivity contribution < 1.29 is 4.74 Å². The third-order valence-corrected chi connectivity index (χ3v) is 6.69. The van der Waals surface area contributed by atoms with Crippen molar-refractivity contribution >= 4 is 10.9 Å². The molecule has 1 aliphatic heterocycles. The van der Waals surface area contributed by atoms with Crippen molar-refractivity contribution in [3.63, 3.8) is 0 Å². The van der Waals surface area contributed by atoms with Gasteiger partial charge in [-0.3, -0.25) is 9.88 Å². The average molecular weight is 437 g/mol. The number of nitrogens with zero attached hydrogens (tertiary/aromatic N) is 3. The predicted octanol–water partition coefficient (Wildman–Crippen LogP) is 5.88. The minimum Gasteiger partial charge on any atom is -0.497 e. The van der Waals surface area contributed by atoms with Crippen molar-refractivity contribution in [1.82, 2.24) is 14.9 Å². The van der Waals surface area contributed by atoms with Crippen molar-refractivity contribution in [2.75, 3.05) is 20.2 Å². The second kappa shape index (κ2) is 9.48. The fourth-order valence-corrected chi connectivity index (χ4v) is 4.91. The third-order valence-electron chi connectivity index (χ3n) is 6.69. The van der Waals surface area contributed by atoms with Gasteiger partial charge in [-0.1, -0.05) is 18.6 Å². The number of benzene rings is 2. The van der Waals surface area contributed by atoms with Crippen LogP contribution in [-0.2, 0) is 6.42 Å². The molecule has 4 aromatic rings. The Morgan fingerprint density at radius 3 is 2.76 bits per heavy atom. The molecule has 0 radical (unpaired) electrons. The molecule has 1 aliphatic rings. The van der Waals surface area contributed by atoms with Crippen LogP contribution in [-0.4, -0.2) is 35.1 Å². The van der Waals surface area contributed by atoms with E-state index < -0.39 is 0 Å². The molecule has 1 unspecified atom stereocenters. The number of aromatic amines is 1. The van der Waals surface area contributed by atoms with Gasteiger partial charge in [0.1, 0.15) is 5.75 Å².